The molecular formula is C13H19NS2. The predicted octanol–water partition coefficient (Wildman–Crippen LogP) is 3.73. The molecule has 1 unspecified atom stereocenters. The summed E-state index contributed by atoms with van der Waals surface area (Å²) in [6.07, 6.45) is 6.73. The molecule has 0 saturated heterocycles. The van der Waals surface area contributed by atoms with E-state index in [-0.39, 0.29) is 0 Å². The Kier molecular flexibility index (Phi) is 3.27. The number of rotatable bonds is 3. The second kappa shape index (κ2) is 4.71. The van der Waals surface area contributed by atoms with Crippen LogP contribution in [0.15, 0.2) is 6.07 Å². The normalized spacial score (nSPS) is 22.6. The molecule has 1 nitrogen and oxygen atoms in total. The highest BCUT2D eigenvalue weighted by molar-refractivity contribution is 7.98. The second-order valence-electron chi connectivity index (χ2n) is 5.04. The Hall–Kier alpha value is 0.01000. The molecule has 1 aliphatic carbocycles. The Bertz CT molecular complexity index is 345. The Labute approximate surface area is 106 Å². The Morgan fingerprint density at radius 1 is 1.44 bits per heavy atom. The molecular weight excluding hydrogens is 234 g/mol. The third kappa shape index (κ3) is 2.18. The standard InChI is InChI=1S/C13H19NS2/c14-11(6-9-2-1-3-9)13-7-10-8-15-5-4-12(10)16-13/h7,9,11H,1-6,8,14H2. The monoisotopic (exact) mass is 253 g/mol. The minimum absolute atomic E-state index is 0.311. The van der Waals surface area contributed by atoms with Crippen molar-refractivity contribution in [2.75, 3.05) is 5.75 Å². The van der Waals surface area contributed by atoms with Crippen molar-refractivity contribution in [3.63, 3.8) is 0 Å². The molecule has 1 saturated carbocycles. The van der Waals surface area contributed by atoms with E-state index < -0.39 is 0 Å². The zero-order valence-corrected chi connectivity index (χ0v) is 11.2. The van der Waals surface area contributed by atoms with Crippen LogP contribution in [0.25, 0.3) is 0 Å². The number of thioether (sulfide) groups is 1. The van der Waals surface area contributed by atoms with E-state index in [2.05, 4.69) is 17.8 Å². The van der Waals surface area contributed by atoms with Gasteiger partial charge in [0.1, 0.15) is 0 Å². The summed E-state index contributed by atoms with van der Waals surface area (Å²) in [5.41, 5.74) is 7.89. The van der Waals surface area contributed by atoms with Gasteiger partial charge in [0.15, 0.2) is 0 Å². The average molecular weight is 253 g/mol. The lowest BCUT2D eigenvalue weighted by Gasteiger charge is -2.27. The molecule has 1 fully saturated rings. The van der Waals surface area contributed by atoms with Crippen LogP contribution in [-0.2, 0) is 12.2 Å². The summed E-state index contributed by atoms with van der Waals surface area (Å²) in [6.45, 7) is 0. The van der Waals surface area contributed by atoms with Crippen LogP contribution in [0.2, 0.25) is 0 Å². The predicted molar refractivity (Wildman–Crippen MR) is 73.1 cm³/mol. The molecule has 0 amide bonds. The quantitative estimate of drug-likeness (QED) is 0.888. The molecule has 0 bridgehead atoms. The largest absolute Gasteiger partial charge is 0.323 e. The lowest BCUT2D eigenvalue weighted by atomic mass is 9.81. The summed E-state index contributed by atoms with van der Waals surface area (Å²) >= 11 is 4.04. The van der Waals surface area contributed by atoms with Gasteiger partial charge >= 0.3 is 0 Å². The van der Waals surface area contributed by atoms with Crippen LogP contribution in [-0.4, -0.2) is 5.75 Å². The molecule has 0 spiro atoms. The molecule has 2 N–H and O–H groups in total. The number of thiophene rings is 1. The van der Waals surface area contributed by atoms with Crippen molar-refractivity contribution in [2.24, 2.45) is 11.7 Å². The van der Waals surface area contributed by atoms with Gasteiger partial charge in [-0.1, -0.05) is 19.3 Å². The van der Waals surface area contributed by atoms with Crippen molar-refractivity contribution < 1.29 is 0 Å². The minimum Gasteiger partial charge on any atom is -0.323 e. The lowest BCUT2D eigenvalue weighted by Crippen LogP contribution is -2.19. The first kappa shape index (κ1) is 11.1. The zero-order valence-electron chi connectivity index (χ0n) is 9.58. The molecule has 0 aromatic carbocycles. The summed E-state index contributed by atoms with van der Waals surface area (Å²) in [5, 5.41) is 0. The lowest BCUT2D eigenvalue weighted by molar-refractivity contribution is 0.278. The van der Waals surface area contributed by atoms with Crippen LogP contribution in [0.1, 0.15) is 47.0 Å². The highest BCUT2D eigenvalue weighted by Crippen LogP contribution is 2.38. The molecule has 1 aromatic rings. The van der Waals surface area contributed by atoms with Gasteiger partial charge in [0, 0.05) is 21.5 Å². The van der Waals surface area contributed by atoms with Gasteiger partial charge < -0.3 is 5.73 Å². The number of hydrogen-bond acceptors (Lipinski definition) is 3. The zero-order chi connectivity index (χ0) is 11.0. The Balaban J connectivity index is 1.70. The second-order valence-corrected chi connectivity index (χ2v) is 7.31. The molecule has 3 rings (SSSR count). The van der Waals surface area contributed by atoms with E-state index in [4.69, 9.17) is 5.73 Å². The summed E-state index contributed by atoms with van der Waals surface area (Å²) in [5.74, 6) is 3.43. The molecule has 1 aliphatic heterocycles. The van der Waals surface area contributed by atoms with Crippen molar-refractivity contribution in [3.8, 4) is 0 Å². The van der Waals surface area contributed by atoms with Crippen LogP contribution in [0.3, 0.4) is 0 Å². The maximum absolute atomic E-state index is 6.32. The molecule has 1 atom stereocenters. The molecule has 88 valence electrons. The SMILES string of the molecule is NC(CC1CCC1)c1cc2c(s1)CCSC2. The molecule has 2 aliphatic rings. The van der Waals surface area contributed by atoms with Crippen molar-refractivity contribution in [1.29, 1.82) is 0 Å². The van der Waals surface area contributed by atoms with E-state index in [1.165, 1.54) is 48.5 Å². The first-order valence-electron chi connectivity index (χ1n) is 6.28. The number of aryl methyl sites for hydroxylation is 1. The highest BCUT2D eigenvalue weighted by Gasteiger charge is 2.23. The first-order chi connectivity index (χ1) is 7.83. The fourth-order valence-corrected chi connectivity index (χ4v) is 4.95. The minimum atomic E-state index is 0.311. The van der Waals surface area contributed by atoms with Gasteiger partial charge in [0.05, 0.1) is 0 Å². The van der Waals surface area contributed by atoms with Crippen molar-refractivity contribution in [1.82, 2.24) is 0 Å². The molecule has 2 heterocycles. The van der Waals surface area contributed by atoms with Crippen LogP contribution in [0.4, 0.5) is 0 Å². The fourth-order valence-electron chi connectivity index (χ4n) is 2.56. The summed E-state index contributed by atoms with van der Waals surface area (Å²) in [6, 6.07) is 2.70. The maximum atomic E-state index is 6.32. The van der Waals surface area contributed by atoms with Gasteiger partial charge in [-0.2, -0.15) is 11.8 Å². The third-order valence-electron chi connectivity index (χ3n) is 3.82. The van der Waals surface area contributed by atoms with Gasteiger partial charge in [-0.15, -0.1) is 11.3 Å². The van der Waals surface area contributed by atoms with E-state index in [1.54, 1.807) is 10.4 Å². The van der Waals surface area contributed by atoms with Gasteiger partial charge in [-0.3, -0.25) is 0 Å². The number of fused-ring (bicyclic) bond motifs is 1. The Morgan fingerprint density at radius 2 is 2.31 bits per heavy atom. The van der Waals surface area contributed by atoms with E-state index in [9.17, 15) is 0 Å². The topological polar surface area (TPSA) is 26.0 Å². The van der Waals surface area contributed by atoms with Crippen molar-refractivity contribution >= 4 is 23.1 Å². The van der Waals surface area contributed by atoms with Crippen LogP contribution >= 0.6 is 23.1 Å². The Morgan fingerprint density at radius 3 is 3.00 bits per heavy atom. The number of hydrogen-bond donors (Lipinski definition) is 1. The molecule has 3 heteroatoms. The van der Waals surface area contributed by atoms with Crippen molar-refractivity contribution in [2.45, 2.75) is 43.9 Å². The summed E-state index contributed by atoms with van der Waals surface area (Å²) in [4.78, 5) is 3.05. The van der Waals surface area contributed by atoms with Crippen LogP contribution < -0.4 is 5.73 Å². The fraction of sp³-hybridized carbons (Fsp3) is 0.692. The average Bonchev–Trinajstić information content (AvgIpc) is 2.66. The van der Waals surface area contributed by atoms with Crippen LogP contribution in [0, 0.1) is 5.92 Å². The molecule has 0 radical (unpaired) electrons. The van der Waals surface area contributed by atoms with E-state index >= 15 is 0 Å². The van der Waals surface area contributed by atoms with Gasteiger partial charge in [-0.25, -0.2) is 0 Å². The summed E-state index contributed by atoms with van der Waals surface area (Å²) < 4.78 is 0. The smallest absolute Gasteiger partial charge is 0.0392 e. The van der Waals surface area contributed by atoms with Gasteiger partial charge in [0.25, 0.3) is 0 Å². The third-order valence-corrected chi connectivity index (χ3v) is 6.20. The van der Waals surface area contributed by atoms with E-state index in [0.29, 0.717) is 6.04 Å². The van der Waals surface area contributed by atoms with Gasteiger partial charge in [0.2, 0.25) is 0 Å². The molecule has 1 aromatic heterocycles. The maximum Gasteiger partial charge on any atom is 0.0392 e. The van der Waals surface area contributed by atoms with Gasteiger partial charge in [-0.05, 0) is 36.1 Å². The van der Waals surface area contributed by atoms with E-state index in [1.807, 2.05) is 11.3 Å². The molecule has 16 heavy (non-hydrogen) atoms. The van der Waals surface area contributed by atoms with Crippen molar-refractivity contribution in [3.05, 3.63) is 21.4 Å². The van der Waals surface area contributed by atoms with E-state index in [0.717, 1.165) is 5.92 Å². The number of nitrogens with two attached hydrogens (primary N) is 1. The van der Waals surface area contributed by atoms with Crippen LogP contribution in [0.5, 0.6) is 0 Å². The summed E-state index contributed by atoms with van der Waals surface area (Å²) in [7, 11) is 0. The first-order valence-corrected chi connectivity index (χ1v) is 8.25. The highest BCUT2D eigenvalue weighted by atomic mass is 32.2.